The molecule has 2 N–H and O–H groups in total. The van der Waals surface area contributed by atoms with Gasteiger partial charge in [0, 0.05) is 12.8 Å². The molecule has 1 rings (SSSR count). The number of Topliss-reactive ketones (excluding diaryl/α,β-unsaturated/α-hetero) is 1. The molecular formula is C15H26O4. The fraction of sp³-hybridized carbons (Fsp3) is 0.800. The van der Waals surface area contributed by atoms with Crippen molar-refractivity contribution in [2.75, 3.05) is 0 Å². The molecule has 4 heteroatoms. The molecule has 1 aliphatic heterocycles. The van der Waals surface area contributed by atoms with Gasteiger partial charge in [-0.1, -0.05) is 6.08 Å². The third-order valence-electron chi connectivity index (χ3n) is 3.72. The third kappa shape index (κ3) is 4.71. The zero-order valence-corrected chi connectivity index (χ0v) is 12.4. The first kappa shape index (κ1) is 16.3. The van der Waals surface area contributed by atoms with E-state index in [4.69, 9.17) is 4.74 Å². The molecule has 1 fully saturated rings. The first-order valence-corrected chi connectivity index (χ1v) is 6.75. The summed E-state index contributed by atoms with van der Waals surface area (Å²) < 4.78 is 5.85. The normalized spacial score (nSPS) is 30.9. The predicted molar refractivity (Wildman–Crippen MR) is 73.9 cm³/mol. The highest BCUT2D eigenvalue weighted by atomic mass is 16.5. The minimum Gasteiger partial charge on any atom is -0.388 e. The van der Waals surface area contributed by atoms with E-state index in [-0.39, 0.29) is 24.7 Å². The maximum atomic E-state index is 12.0. The maximum absolute atomic E-state index is 12.0. The first-order chi connectivity index (χ1) is 8.47. The van der Waals surface area contributed by atoms with Crippen molar-refractivity contribution in [2.45, 2.75) is 76.3 Å². The lowest BCUT2D eigenvalue weighted by molar-refractivity contribution is -0.138. The number of aliphatic hydroxyl groups is 2. The van der Waals surface area contributed by atoms with Crippen molar-refractivity contribution >= 4 is 5.78 Å². The number of hydrogen-bond acceptors (Lipinski definition) is 4. The Labute approximate surface area is 115 Å². The van der Waals surface area contributed by atoms with Gasteiger partial charge in [0.15, 0.2) is 0 Å². The highest BCUT2D eigenvalue weighted by Crippen LogP contribution is 2.37. The van der Waals surface area contributed by atoms with Crippen molar-refractivity contribution in [1.82, 2.24) is 0 Å². The number of rotatable bonds is 6. The predicted octanol–water partition coefficient (Wildman–Crippen LogP) is 1.98. The Balaban J connectivity index is 2.58. The van der Waals surface area contributed by atoms with E-state index in [9.17, 15) is 15.0 Å². The molecule has 0 radical (unpaired) electrons. The summed E-state index contributed by atoms with van der Waals surface area (Å²) in [5, 5.41) is 19.8. The van der Waals surface area contributed by atoms with Crippen molar-refractivity contribution in [3.8, 4) is 0 Å². The number of carbonyl (C=O) groups excluding carboxylic acids is 1. The van der Waals surface area contributed by atoms with Crippen LogP contribution in [0.2, 0.25) is 0 Å². The van der Waals surface area contributed by atoms with E-state index in [2.05, 4.69) is 6.58 Å². The minimum absolute atomic E-state index is 0.0443. The molecule has 4 nitrogen and oxygen atoms in total. The molecule has 1 saturated heterocycles. The lowest BCUT2D eigenvalue weighted by atomic mass is 9.90. The van der Waals surface area contributed by atoms with Crippen LogP contribution in [-0.4, -0.2) is 38.9 Å². The Morgan fingerprint density at radius 3 is 2.47 bits per heavy atom. The fourth-order valence-electron chi connectivity index (χ4n) is 2.48. The summed E-state index contributed by atoms with van der Waals surface area (Å²) in [5.41, 5.74) is -2.60. The number of ether oxygens (including phenoxy) is 1. The van der Waals surface area contributed by atoms with Gasteiger partial charge in [-0.2, -0.15) is 0 Å². The van der Waals surface area contributed by atoms with Crippen LogP contribution in [0.1, 0.15) is 53.4 Å². The molecule has 0 spiro atoms. The summed E-state index contributed by atoms with van der Waals surface area (Å²) in [6.07, 6.45) is 2.91. The van der Waals surface area contributed by atoms with Gasteiger partial charge in [-0.3, -0.25) is 4.79 Å². The SMILES string of the molecule is C=CC(C)(O)CC(=O)CC1(C)CCC(C(C)(C)O)O1. The van der Waals surface area contributed by atoms with Crippen LogP contribution in [0.25, 0.3) is 0 Å². The fourth-order valence-corrected chi connectivity index (χ4v) is 2.48. The van der Waals surface area contributed by atoms with Gasteiger partial charge >= 0.3 is 0 Å². The number of carbonyl (C=O) groups is 1. The molecule has 0 aromatic heterocycles. The molecule has 0 aromatic carbocycles. The lowest BCUT2D eigenvalue weighted by Gasteiger charge is -2.30. The molecule has 0 aromatic rings. The zero-order valence-electron chi connectivity index (χ0n) is 12.4. The maximum Gasteiger partial charge on any atom is 0.138 e. The molecule has 0 bridgehead atoms. The monoisotopic (exact) mass is 270 g/mol. The second-order valence-corrected chi connectivity index (χ2v) is 6.70. The highest BCUT2D eigenvalue weighted by molar-refractivity contribution is 5.80. The van der Waals surface area contributed by atoms with Gasteiger partial charge in [0.25, 0.3) is 0 Å². The number of ketones is 1. The summed E-state index contributed by atoms with van der Waals surface area (Å²) >= 11 is 0. The molecule has 3 atom stereocenters. The van der Waals surface area contributed by atoms with Crippen LogP contribution >= 0.6 is 0 Å². The third-order valence-corrected chi connectivity index (χ3v) is 3.72. The Hall–Kier alpha value is -0.710. The van der Waals surface area contributed by atoms with Crippen LogP contribution in [0.5, 0.6) is 0 Å². The van der Waals surface area contributed by atoms with E-state index in [0.29, 0.717) is 0 Å². The summed E-state index contributed by atoms with van der Waals surface area (Å²) in [6.45, 7) is 10.4. The van der Waals surface area contributed by atoms with E-state index >= 15 is 0 Å². The second-order valence-electron chi connectivity index (χ2n) is 6.70. The largest absolute Gasteiger partial charge is 0.388 e. The van der Waals surface area contributed by atoms with Crippen LogP contribution in [-0.2, 0) is 9.53 Å². The van der Waals surface area contributed by atoms with Crippen molar-refractivity contribution in [2.24, 2.45) is 0 Å². The molecule has 110 valence electrons. The van der Waals surface area contributed by atoms with Gasteiger partial charge in [0.1, 0.15) is 5.78 Å². The van der Waals surface area contributed by atoms with Crippen LogP contribution in [0.4, 0.5) is 0 Å². The average molecular weight is 270 g/mol. The van der Waals surface area contributed by atoms with Crippen LogP contribution in [0.15, 0.2) is 12.7 Å². The van der Waals surface area contributed by atoms with Gasteiger partial charge in [-0.05, 0) is 40.5 Å². The Kier molecular flexibility index (Phi) is 4.60. The van der Waals surface area contributed by atoms with Crippen molar-refractivity contribution in [3.63, 3.8) is 0 Å². The Morgan fingerprint density at radius 2 is 2.05 bits per heavy atom. The molecule has 0 amide bonds. The van der Waals surface area contributed by atoms with E-state index < -0.39 is 16.8 Å². The zero-order chi connectivity index (χ0) is 14.9. The topological polar surface area (TPSA) is 66.8 Å². The van der Waals surface area contributed by atoms with Crippen molar-refractivity contribution in [1.29, 1.82) is 0 Å². The van der Waals surface area contributed by atoms with Gasteiger partial charge < -0.3 is 14.9 Å². The molecular weight excluding hydrogens is 244 g/mol. The van der Waals surface area contributed by atoms with Crippen LogP contribution in [0.3, 0.4) is 0 Å². The molecule has 3 unspecified atom stereocenters. The summed E-state index contributed by atoms with van der Waals surface area (Å²) in [6, 6.07) is 0. The smallest absolute Gasteiger partial charge is 0.138 e. The Bertz CT molecular complexity index is 354. The quantitative estimate of drug-likeness (QED) is 0.724. The van der Waals surface area contributed by atoms with Gasteiger partial charge in [0.05, 0.1) is 22.9 Å². The van der Waals surface area contributed by atoms with E-state index in [1.54, 1.807) is 20.8 Å². The van der Waals surface area contributed by atoms with E-state index in [1.807, 2.05) is 6.92 Å². The summed E-state index contributed by atoms with van der Waals surface area (Å²) in [4.78, 5) is 12.0. The van der Waals surface area contributed by atoms with Gasteiger partial charge in [0.2, 0.25) is 0 Å². The standard InChI is InChI=1S/C15H26O4/c1-6-14(4,18)9-11(16)10-15(5)8-7-12(19-15)13(2,3)17/h6,12,17-18H,1,7-10H2,2-5H3. The van der Waals surface area contributed by atoms with Crippen LogP contribution < -0.4 is 0 Å². The molecule has 1 aliphatic rings. The lowest BCUT2D eigenvalue weighted by Crippen LogP contribution is -2.39. The van der Waals surface area contributed by atoms with Gasteiger partial charge in [-0.15, -0.1) is 6.58 Å². The summed E-state index contributed by atoms with van der Waals surface area (Å²) in [7, 11) is 0. The van der Waals surface area contributed by atoms with Crippen molar-refractivity contribution < 1.29 is 19.7 Å². The summed E-state index contributed by atoms with van der Waals surface area (Å²) in [5.74, 6) is -0.0520. The van der Waals surface area contributed by atoms with Crippen LogP contribution in [0, 0.1) is 0 Å². The molecule has 0 saturated carbocycles. The highest BCUT2D eigenvalue weighted by Gasteiger charge is 2.43. The molecule has 1 heterocycles. The second kappa shape index (κ2) is 5.35. The van der Waals surface area contributed by atoms with Gasteiger partial charge in [-0.25, -0.2) is 0 Å². The molecule has 0 aliphatic carbocycles. The Morgan fingerprint density at radius 1 is 1.47 bits per heavy atom. The molecule has 19 heavy (non-hydrogen) atoms. The first-order valence-electron chi connectivity index (χ1n) is 6.75. The van der Waals surface area contributed by atoms with E-state index in [0.717, 1.165) is 12.8 Å². The minimum atomic E-state index is -1.16. The van der Waals surface area contributed by atoms with E-state index in [1.165, 1.54) is 6.08 Å². The number of hydrogen-bond donors (Lipinski definition) is 2. The van der Waals surface area contributed by atoms with Crippen molar-refractivity contribution in [3.05, 3.63) is 12.7 Å². The average Bonchev–Trinajstić information content (AvgIpc) is 2.59.